The van der Waals surface area contributed by atoms with Gasteiger partial charge in [-0.15, -0.1) is 0 Å². The Hall–Kier alpha value is -2.69. The van der Waals surface area contributed by atoms with E-state index in [9.17, 15) is 9.50 Å². The van der Waals surface area contributed by atoms with Gasteiger partial charge in [0.2, 0.25) is 0 Å². The van der Waals surface area contributed by atoms with Crippen LogP contribution < -0.4 is 0 Å². The van der Waals surface area contributed by atoms with Gasteiger partial charge in [0, 0.05) is 52.0 Å². The number of nitrogens with zero attached hydrogens (tertiary/aromatic N) is 2. The second-order valence-corrected chi connectivity index (χ2v) is 7.22. The van der Waals surface area contributed by atoms with Gasteiger partial charge < -0.3 is 5.11 Å². The van der Waals surface area contributed by atoms with E-state index in [2.05, 4.69) is 9.97 Å². The highest BCUT2D eigenvalue weighted by molar-refractivity contribution is 6.35. The van der Waals surface area contributed by atoms with Crippen molar-refractivity contribution >= 4 is 34.1 Å². The number of halogens is 3. The van der Waals surface area contributed by atoms with E-state index < -0.39 is 11.7 Å². The normalized spacial score (nSPS) is 12.2. The topological polar surface area (TPSA) is 46.0 Å². The Morgan fingerprint density at radius 3 is 2.50 bits per heavy atom. The number of phenols is 1. The minimum absolute atomic E-state index is 0.0414. The SMILES string of the molecule is Oc1c(C(Cc2ccccn2)c2c(F)cccc2Cl)cc(Cl)c2cccnc12. The summed E-state index contributed by atoms with van der Waals surface area (Å²) in [5, 5.41) is 12.3. The van der Waals surface area contributed by atoms with Crippen molar-refractivity contribution in [3.63, 3.8) is 0 Å². The smallest absolute Gasteiger partial charge is 0.145 e. The Morgan fingerprint density at radius 2 is 1.75 bits per heavy atom. The molecule has 0 aliphatic rings. The van der Waals surface area contributed by atoms with E-state index in [1.165, 1.54) is 6.07 Å². The van der Waals surface area contributed by atoms with Crippen LogP contribution in [0.25, 0.3) is 10.9 Å². The van der Waals surface area contributed by atoms with Crippen LogP contribution >= 0.6 is 23.2 Å². The fourth-order valence-electron chi connectivity index (χ4n) is 3.41. The first-order valence-electron chi connectivity index (χ1n) is 8.66. The lowest BCUT2D eigenvalue weighted by Gasteiger charge is -2.22. The van der Waals surface area contributed by atoms with Crippen LogP contribution in [0.2, 0.25) is 10.0 Å². The standard InChI is InChI=1S/C22H15Cl2FN2O/c23-17-7-3-8-19(25)20(17)15(11-13-5-1-2-9-26-13)16-12-18(24)14-6-4-10-27-21(14)22(16)28/h1-10,12,15,28H,11H2. The fourth-order valence-corrected chi connectivity index (χ4v) is 3.98. The number of hydrogen-bond donors (Lipinski definition) is 1. The summed E-state index contributed by atoms with van der Waals surface area (Å²) in [6.45, 7) is 0. The highest BCUT2D eigenvalue weighted by Crippen LogP contribution is 2.43. The minimum Gasteiger partial charge on any atom is -0.505 e. The van der Waals surface area contributed by atoms with Crippen LogP contribution in [0.15, 0.2) is 67.0 Å². The third-order valence-corrected chi connectivity index (χ3v) is 5.35. The molecule has 1 N–H and O–H groups in total. The second-order valence-electron chi connectivity index (χ2n) is 6.41. The van der Waals surface area contributed by atoms with Gasteiger partial charge in [-0.3, -0.25) is 9.97 Å². The number of phenolic OH excluding ortho intramolecular Hbond substituents is 1. The summed E-state index contributed by atoms with van der Waals surface area (Å²) in [7, 11) is 0. The number of aromatic nitrogens is 2. The highest BCUT2D eigenvalue weighted by Gasteiger charge is 2.26. The molecule has 0 saturated heterocycles. The molecule has 1 unspecified atom stereocenters. The largest absolute Gasteiger partial charge is 0.505 e. The molecule has 0 spiro atoms. The molecule has 4 aromatic rings. The lowest BCUT2D eigenvalue weighted by Crippen LogP contribution is -2.10. The predicted molar refractivity (Wildman–Crippen MR) is 110 cm³/mol. The van der Waals surface area contributed by atoms with Crippen molar-refractivity contribution in [3.05, 3.63) is 99.7 Å². The molecule has 2 aromatic carbocycles. The summed E-state index contributed by atoms with van der Waals surface area (Å²) in [6.07, 6.45) is 3.58. The molecule has 0 aliphatic carbocycles. The molecule has 1 atom stereocenters. The molecular weight excluding hydrogens is 398 g/mol. The Bertz CT molecular complexity index is 1130. The minimum atomic E-state index is -0.590. The van der Waals surface area contributed by atoms with Crippen LogP contribution in [0.1, 0.15) is 22.7 Å². The number of pyridine rings is 2. The summed E-state index contributed by atoms with van der Waals surface area (Å²) in [6, 6.07) is 15.2. The van der Waals surface area contributed by atoms with Gasteiger partial charge in [0.25, 0.3) is 0 Å². The van der Waals surface area contributed by atoms with E-state index in [-0.39, 0.29) is 16.3 Å². The number of hydrogen-bond acceptors (Lipinski definition) is 3. The van der Waals surface area contributed by atoms with Crippen molar-refractivity contribution in [1.29, 1.82) is 0 Å². The summed E-state index contributed by atoms with van der Waals surface area (Å²) >= 11 is 12.8. The van der Waals surface area contributed by atoms with Crippen LogP contribution in [-0.2, 0) is 6.42 Å². The van der Waals surface area contributed by atoms with E-state index in [4.69, 9.17) is 23.2 Å². The molecule has 140 valence electrons. The van der Waals surface area contributed by atoms with Gasteiger partial charge in [0.05, 0.1) is 5.02 Å². The van der Waals surface area contributed by atoms with Gasteiger partial charge >= 0.3 is 0 Å². The average molecular weight is 413 g/mol. The molecule has 0 saturated carbocycles. The van der Waals surface area contributed by atoms with E-state index in [1.807, 2.05) is 18.2 Å². The van der Waals surface area contributed by atoms with Gasteiger partial charge in [-0.05, 0) is 42.5 Å². The maximum atomic E-state index is 14.8. The number of fused-ring (bicyclic) bond motifs is 1. The van der Waals surface area contributed by atoms with Gasteiger partial charge in [-0.1, -0.05) is 35.3 Å². The average Bonchev–Trinajstić information content (AvgIpc) is 2.71. The Kier molecular flexibility index (Phi) is 5.16. The van der Waals surface area contributed by atoms with Gasteiger partial charge in [0.15, 0.2) is 0 Å². The summed E-state index contributed by atoms with van der Waals surface area (Å²) < 4.78 is 14.8. The summed E-state index contributed by atoms with van der Waals surface area (Å²) in [5.74, 6) is -1.09. The van der Waals surface area contributed by atoms with Gasteiger partial charge in [-0.2, -0.15) is 0 Å². The van der Waals surface area contributed by atoms with Crippen LogP contribution in [0.3, 0.4) is 0 Å². The zero-order chi connectivity index (χ0) is 19.7. The van der Waals surface area contributed by atoms with Crippen molar-refractivity contribution in [2.45, 2.75) is 12.3 Å². The molecule has 2 aromatic heterocycles. The summed E-state index contributed by atoms with van der Waals surface area (Å²) in [4.78, 5) is 8.60. The zero-order valence-corrected chi connectivity index (χ0v) is 16.1. The van der Waals surface area contributed by atoms with Crippen molar-refractivity contribution in [1.82, 2.24) is 9.97 Å². The monoisotopic (exact) mass is 412 g/mol. The van der Waals surface area contributed by atoms with E-state index >= 15 is 0 Å². The van der Waals surface area contributed by atoms with Gasteiger partial charge in [-0.25, -0.2) is 4.39 Å². The fraction of sp³-hybridized carbons (Fsp3) is 0.0909. The van der Waals surface area contributed by atoms with E-state index in [1.54, 1.807) is 42.7 Å². The Labute approximate surface area is 171 Å². The van der Waals surface area contributed by atoms with E-state index in [0.717, 1.165) is 5.69 Å². The molecule has 28 heavy (non-hydrogen) atoms. The van der Waals surface area contributed by atoms with Crippen LogP contribution in [0, 0.1) is 5.82 Å². The molecule has 2 heterocycles. The highest BCUT2D eigenvalue weighted by atomic mass is 35.5. The van der Waals surface area contributed by atoms with Crippen molar-refractivity contribution < 1.29 is 9.50 Å². The Balaban J connectivity index is 1.96. The first kappa shape index (κ1) is 18.7. The molecule has 0 fully saturated rings. The molecule has 0 aliphatic heterocycles. The van der Waals surface area contributed by atoms with E-state index in [0.29, 0.717) is 27.9 Å². The van der Waals surface area contributed by atoms with Gasteiger partial charge in [0.1, 0.15) is 17.1 Å². The lowest BCUT2D eigenvalue weighted by molar-refractivity contribution is 0.468. The van der Waals surface area contributed by atoms with Crippen molar-refractivity contribution in [3.8, 4) is 5.75 Å². The Morgan fingerprint density at radius 1 is 0.929 bits per heavy atom. The lowest BCUT2D eigenvalue weighted by atomic mass is 9.85. The molecule has 6 heteroatoms. The molecular formula is C22H15Cl2FN2O. The number of aromatic hydroxyl groups is 1. The van der Waals surface area contributed by atoms with Crippen molar-refractivity contribution in [2.75, 3.05) is 0 Å². The van der Waals surface area contributed by atoms with Crippen LogP contribution in [0.5, 0.6) is 5.75 Å². The number of rotatable bonds is 4. The molecule has 0 amide bonds. The first-order valence-corrected chi connectivity index (χ1v) is 9.41. The maximum Gasteiger partial charge on any atom is 0.145 e. The number of benzene rings is 2. The molecule has 0 bridgehead atoms. The van der Waals surface area contributed by atoms with Crippen LogP contribution in [0.4, 0.5) is 4.39 Å². The maximum absolute atomic E-state index is 14.8. The summed E-state index contributed by atoms with van der Waals surface area (Å²) in [5.41, 5.74) is 1.84. The molecule has 4 rings (SSSR count). The zero-order valence-electron chi connectivity index (χ0n) is 14.6. The first-order chi connectivity index (χ1) is 13.6. The third-order valence-electron chi connectivity index (χ3n) is 4.71. The predicted octanol–water partition coefficient (Wildman–Crippen LogP) is 6.16. The molecule has 0 radical (unpaired) electrons. The second kappa shape index (κ2) is 7.74. The molecule has 3 nitrogen and oxygen atoms in total. The van der Waals surface area contributed by atoms with Crippen LogP contribution in [-0.4, -0.2) is 15.1 Å². The van der Waals surface area contributed by atoms with Crippen molar-refractivity contribution in [2.24, 2.45) is 0 Å². The third kappa shape index (κ3) is 3.41. The quantitative estimate of drug-likeness (QED) is 0.436.